The maximum atomic E-state index is 12.7. The van der Waals surface area contributed by atoms with Crippen molar-refractivity contribution in [2.45, 2.75) is 32.7 Å². The molecule has 0 unspecified atom stereocenters. The molecule has 2 amide bonds. The van der Waals surface area contributed by atoms with Crippen molar-refractivity contribution >= 4 is 17.7 Å². The van der Waals surface area contributed by atoms with E-state index in [2.05, 4.69) is 5.32 Å². The molecule has 1 aromatic rings. The zero-order chi connectivity index (χ0) is 17.7. The van der Waals surface area contributed by atoms with Crippen molar-refractivity contribution in [1.82, 2.24) is 10.2 Å². The van der Waals surface area contributed by atoms with Gasteiger partial charge in [0.05, 0.1) is 11.5 Å². The topological polar surface area (TPSA) is 102 Å². The first kappa shape index (κ1) is 17.7. The number of piperidine rings is 1. The van der Waals surface area contributed by atoms with Gasteiger partial charge in [0.25, 0.3) is 11.6 Å². The summed E-state index contributed by atoms with van der Waals surface area (Å²) in [6.07, 6.45) is 1.01. The number of amides is 2. The highest BCUT2D eigenvalue weighted by atomic mass is 16.6. The number of benzene rings is 1. The van der Waals surface area contributed by atoms with E-state index >= 15 is 0 Å². The minimum absolute atomic E-state index is 0.0703. The van der Waals surface area contributed by atoms with Gasteiger partial charge in [-0.2, -0.15) is 0 Å². The van der Waals surface area contributed by atoms with Crippen molar-refractivity contribution in [2.75, 3.05) is 19.7 Å². The summed E-state index contributed by atoms with van der Waals surface area (Å²) in [7, 11) is 0. The lowest BCUT2D eigenvalue weighted by molar-refractivity contribution is -0.385. The molecule has 24 heavy (non-hydrogen) atoms. The number of carbonyl (C=O) groups excluding carboxylic acids is 2. The zero-order valence-electron chi connectivity index (χ0n) is 13.8. The van der Waals surface area contributed by atoms with Gasteiger partial charge in [0.15, 0.2) is 0 Å². The first-order chi connectivity index (χ1) is 11.4. The van der Waals surface area contributed by atoms with E-state index in [1.807, 2.05) is 0 Å². The van der Waals surface area contributed by atoms with E-state index in [1.54, 1.807) is 24.8 Å². The number of nitro groups is 1. The van der Waals surface area contributed by atoms with Crippen LogP contribution in [0.15, 0.2) is 18.2 Å². The number of hydrogen-bond acceptors (Lipinski definition) is 5. The van der Waals surface area contributed by atoms with E-state index in [4.69, 9.17) is 4.74 Å². The molecule has 1 aliphatic rings. The molecule has 1 heterocycles. The number of hydrogen-bond donors (Lipinski definition) is 1. The fourth-order valence-corrected chi connectivity index (χ4v) is 2.84. The third kappa shape index (κ3) is 4.01. The summed E-state index contributed by atoms with van der Waals surface area (Å²) in [5.74, 6) is -0.258. The highest BCUT2D eigenvalue weighted by Crippen LogP contribution is 2.23. The molecular weight excluding hydrogens is 314 g/mol. The van der Waals surface area contributed by atoms with Crippen molar-refractivity contribution in [1.29, 1.82) is 0 Å². The molecular formula is C16H21N3O5. The second-order valence-corrected chi connectivity index (χ2v) is 5.66. The van der Waals surface area contributed by atoms with Crippen LogP contribution < -0.4 is 5.32 Å². The SMILES string of the molecule is CCOC(=O)N[C@H]1CCCN(C(=O)c2cccc([N+](=O)[O-])c2C)C1. The molecule has 0 spiro atoms. The second kappa shape index (κ2) is 7.76. The van der Waals surface area contributed by atoms with Gasteiger partial charge in [-0.1, -0.05) is 6.07 Å². The summed E-state index contributed by atoms with van der Waals surface area (Å²) in [6.45, 7) is 4.50. The largest absolute Gasteiger partial charge is 0.450 e. The first-order valence-electron chi connectivity index (χ1n) is 7.90. The Morgan fingerprint density at radius 3 is 2.88 bits per heavy atom. The Bertz CT molecular complexity index is 647. The van der Waals surface area contributed by atoms with Gasteiger partial charge in [-0.25, -0.2) is 4.79 Å². The Hall–Kier alpha value is -2.64. The number of rotatable bonds is 4. The number of likely N-dealkylation sites (tertiary alicyclic amines) is 1. The number of nitrogens with one attached hydrogen (secondary N) is 1. The van der Waals surface area contributed by atoms with E-state index in [0.29, 0.717) is 24.2 Å². The molecule has 0 aliphatic carbocycles. The standard InChI is InChI=1S/C16H21N3O5/c1-3-24-16(21)17-12-6-5-9-18(10-12)15(20)13-7-4-8-14(11(13)2)19(22)23/h4,7-8,12H,3,5-6,9-10H2,1-2H3,(H,17,21)/t12-/m0/s1. The molecule has 0 saturated carbocycles. The minimum Gasteiger partial charge on any atom is -0.450 e. The van der Waals surface area contributed by atoms with Crippen molar-refractivity contribution in [2.24, 2.45) is 0 Å². The molecule has 1 fully saturated rings. The second-order valence-electron chi connectivity index (χ2n) is 5.66. The zero-order valence-corrected chi connectivity index (χ0v) is 13.8. The van der Waals surface area contributed by atoms with Gasteiger partial charge in [0, 0.05) is 36.3 Å². The predicted octanol–water partition coefficient (Wildman–Crippen LogP) is 2.25. The Kier molecular flexibility index (Phi) is 5.73. The van der Waals surface area contributed by atoms with E-state index < -0.39 is 11.0 Å². The molecule has 130 valence electrons. The van der Waals surface area contributed by atoms with Crippen LogP contribution >= 0.6 is 0 Å². The normalized spacial score (nSPS) is 17.2. The van der Waals surface area contributed by atoms with Crippen LogP contribution in [-0.2, 0) is 4.74 Å². The molecule has 1 aliphatic heterocycles. The monoisotopic (exact) mass is 335 g/mol. The Balaban J connectivity index is 2.11. The molecule has 8 heteroatoms. The average Bonchev–Trinajstić information content (AvgIpc) is 2.54. The van der Waals surface area contributed by atoms with Crippen molar-refractivity contribution in [3.8, 4) is 0 Å². The number of alkyl carbamates (subject to hydrolysis) is 1. The molecule has 2 rings (SSSR count). The quantitative estimate of drug-likeness (QED) is 0.671. The smallest absolute Gasteiger partial charge is 0.407 e. The first-order valence-corrected chi connectivity index (χ1v) is 7.90. The third-order valence-corrected chi connectivity index (χ3v) is 4.04. The summed E-state index contributed by atoms with van der Waals surface area (Å²) in [5.41, 5.74) is 0.605. The maximum absolute atomic E-state index is 12.7. The number of carbonyl (C=O) groups is 2. The van der Waals surface area contributed by atoms with Crippen LogP contribution in [0.4, 0.5) is 10.5 Å². The number of nitrogens with zero attached hydrogens (tertiary/aromatic N) is 2. The van der Waals surface area contributed by atoms with Crippen LogP contribution in [-0.4, -0.2) is 47.6 Å². The molecule has 0 aromatic heterocycles. The van der Waals surface area contributed by atoms with Crippen LogP contribution in [0.2, 0.25) is 0 Å². The molecule has 1 saturated heterocycles. The third-order valence-electron chi connectivity index (χ3n) is 4.04. The van der Waals surface area contributed by atoms with Gasteiger partial charge in [-0.15, -0.1) is 0 Å². The van der Waals surface area contributed by atoms with Gasteiger partial charge in [-0.3, -0.25) is 14.9 Å². The van der Waals surface area contributed by atoms with Gasteiger partial charge in [0.2, 0.25) is 0 Å². The van der Waals surface area contributed by atoms with Crippen LogP contribution in [0.5, 0.6) is 0 Å². The van der Waals surface area contributed by atoms with Crippen molar-refractivity contribution in [3.63, 3.8) is 0 Å². The molecule has 1 aromatic carbocycles. The van der Waals surface area contributed by atoms with E-state index in [1.165, 1.54) is 12.1 Å². The fourth-order valence-electron chi connectivity index (χ4n) is 2.84. The highest BCUT2D eigenvalue weighted by molar-refractivity contribution is 5.96. The Labute approximate surface area is 139 Å². The van der Waals surface area contributed by atoms with Crippen molar-refractivity contribution in [3.05, 3.63) is 39.4 Å². The minimum atomic E-state index is -0.497. The Morgan fingerprint density at radius 2 is 2.21 bits per heavy atom. The van der Waals surface area contributed by atoms with Crippen LogP contribution in [0.25, 0.3) is 0 Å². The lowest BCUT2D eigenvalue weighted by Gasteiger charge is -2.33. The van der Waals surface area contributed by atoms with Crippen LogP contribution in [0, 0.1) is 17.0 Å². The number of nitro benzene ring substituents is 1. The summed E-state index contributed by atoms with van der Waals surface area (Å²) in [4.78, 5) is 36.4. The molecule has 1 N–H and O–H groups in total. The Morgan fingerprint density at radius 1 is 1.46 bits per heavy atom. The maximum Gasteiger partial charge on any atom is 0.407 e. The van der Waals surface area contributed by atoms with Crippen LogP contribution in [0.3, 0.4) is 0 Å². The lowest BCUT2D eigenvalue weighted by atomic mass is 10.0. The van der Waals surface area contributed by atoms with Gasteiger partial charge < -0.3 is 15.0 Å². The van der Waals surface area contributed by atoms with Crippen LogP contribution in [0.1, 0.15) is 35.7 Å². The molecule has 0 bridgehead atoms. The fraction of sp³-hybridized carbons (Fsp3) is 0.500. The summed E-state index contributed by atoms with van der Waals surface area (Å²) >= 11 is 0. The summed E-state index contributed by atoms with van der Waals surface area (Å²) in [5, 5.41) is 13.8. The van der Waals surface area contributed by atoms with E-state index in [-0.39, 0.29) is 24.2 Å². The van der Waals surface area contributed by atoms with E-state index in [9.17, 15) is 19.7 Å². The average molecular weight is 335 g/mol. The van der Waals surface area contributed by atoms with Gasteiger partial charge in [0.1, 0.15) is 0 Å². The van der Waals surface area contributed by atoms with E-state index in [0.717, 1.165) is 12.8 Å². The predicted molar refractivity (Wildman–Crippen MR) is 86.9 cm³/mol. The summed E-state index contributed by atoms with van der Waals surface area (Å²) in [6, 6.07) is 4.30. The lowest BCUT2D eigenvalue weighted by Crippen LogP contribution is -2.49. The van der Waals surface area contributed by atoms with Gasteiger partial charge in [-0.05, 0) is 32.8 Å². The van der Waals surface area contributed by atoms with Crippen molar-refractivity contribution < 1.29 is 19.2 Å². The molecule has 0 radical (unpaired) electrons. The summed E-state index contributed by atoms with van der Waals surface area (Å²) < 4.78 is 4.86. The molecule has 8 nitrogen and oxygen atoms in total. The number of ether oxygens (including phenoxy) is 1. The molecule has 1 atom stereocenters. The van der Waals surface area contributed by atoms with Gasteiger partial charge >= 0.3 is 6.09 Å². The highest BCUT2D eigenvalue weighted by Gasteiger charge is 2.28.